The van der Waals surface area contributed by atoms with Crippen molar-refractivity contribution in [1.29, 1.82) is 0 Å². The second-order valence-corrected chi connectivity index (χ2v) is 9.51. The van der Waals surface area contributed by atoms with Crippen LogP contribution in [0.2, 0.25) is 0 Å². The molecule has 8 nitrogen and oxygen atoms in total. The molecular weight excluding hydrogens is 396 g/mol. The van der Waals surface area contributed by atoms with Crippen molar-refractivity contribution in [3.8, 4) is 17.2 Å². The van der Waals surface area contributed by atoms with Gasteiger partial charge in [-0.25, -0.2) is 9.78 Å². The quantitative estimate of drug-likeness (QED) is 0.702. The number of rotatable bonds is 4. The summed E-state index contributed by atoms with van der Waals surface area (Å²) < 4.78 is 12.1. The molecule has 0 bridgehead atoms. The monoisotopic (exact) mass is 422 g/mol. The summed E-state index contributed by atoms with van der Waals surface area (Å²) >= 11 is 0. The van der Waals surface area contributed by atoms with E-state index in [-0.39, 0.29) is 35.4 Å². The maximum absolute atomic E-state index is 12.2. The molecule has 2 aliphatic heterocycles. The number of urea groups is 1. The maximum atomic E-state index is 12.2. The van der Waals surface area contributed by atoms with Crippen LogP contribution in [-0.2, 0) is 11.2 Å². The first-order valence-electron chi connectivity index (χ1n) is 10.6. The number of hydrogen-bond acceptors (Lipinski definition) is 5. The van der Waals surface area contributed by atoms with Crippen LogP contribution in [0.4, 0.5) is 10.6 Å². The second kappa shape index (κ2) is 7.14. The van der Waals surface area contributed by atoms with Crippen molar-refractivity contribution in [3.05, 3.63) is 41.6 Å². The molecule has 8 heteroatoms. The van der Waals surface area contributed by atoms with Gasteiger partial charge in [0.1, 0.15) is 29.2 Å². The minimum absolute atomic E-state index is 0.0288. The highest BCUT2D eigenvalue weighted by Gasteiger charge is 2.59. The van der Waals surface area contributed by atoms with Gasteiger partial charge in [0.15, 0.2) is 0 Å². The van der Waals surface area contributed by atoms with E-state index >= 15 is 0 Å². The van der Waals surface area contributed by atoms with E-state index in [1.165, 1.54) is 0 Å². The Kier molecular flexibility index (Phi) is 4.53. The molecule has 0 radical (unpaired) electrons. The Morgan fingerprint density at radius 3 is 2.94 bits per heavy atom. The van der Waals surface area contributed by atoms with Crippen LogP contribution in [0.3, 0.4) is 0 Å². The lowest BCUT2D eigenvalue weighted by Crippen LogP contribution is -2.42. The lowest BCUT2D eigenvalue weighted by molar-refractivity contribution is -0.116. The van der Waals surface area contributed by atoms with Crippen LogP contribution in [0.1, 0.15) is 44.2 Å². The Hall–Kier alpha value is -3.29. The van der Waals surface area contributed by atoms with Crippen molar-refractivity contribution >= 4 is 17.8 Å². The molecule has 0 spiro atoms. The van der Waals surface area contributed by atoms with E-state index in [1.807, 2.05) is 24.3 Å². The van der Waals surface area contributed by atoms with Crippen LogP contribution in [0, 0.1) is 5.41 Å². The number of nitrogens with zero attached hydrogens (tertiary/aromatic N) is 1. The first kappa shape index (κ1) is 19.7. The van der Waals surface area contributed by atoms with Crippen LogP contribution in [0.25, 0.3) is 0 Å². The second-order valence-electron chi connectivity index (χ2n) is 9.51. The molecule has 1 saturated carbocycles. The number of aromatic nitrogens is 1. The van der Waals surface area contributed by atoms with Gasteiger partial charge in [-0.3, -0.25) is 4.79 Å². The maximum Gasteiger partial charge on any atom is 0.315 e. The van der Waals surface area contributed by atoms with Crippen LogP contribution < -0.4 is 25.4 Å². The predicted molar refractivity (Wildman–Crippen MR) is 115 cm³/mol. The summed E-state index contributed by atoms with van der Waals surface area (Å²) in [5.41, 5.74) is 1.97. The number of carbonyl (C=O) groups is 2. The summed E-state index contributed by atoms with van der Waals surface area (Å²) in [6.45, 7) is 6.84. The predicted octanol–water partition coefficient (Wildman–Crippen LogP) is 3.33. The molecule has 2 aromatic rings. The Balaban J connectivity index is 1.27. The van der Waals surface area contributed by atoms with Gasteiger partial charge in [0.2, 0.25) is 5.91 Å². The molecule has 3 amide bonds. The van der Waals surface area contributed by atoms with Gasteiger partial charge in [0.25, 0.3) is 0 Å². The third kappa shape index (κ3) is 3.89. The van der Waals surface area contributed by atoms with E-state index in [1.54, 1.807) is 6.20 Å². The molecule has 1 aromatic carbocycles. The Bertz CT molecular complexity index is 1060. The lowest BCUT2D eigenvalue weighted by atomic mass is 9.97. The highest BCUT2D eigenvalue weighted by atomic mass is 16.5. The van der Waals surface area contributed by atoms with Gasteiger partial charge >= 0.3 is 6.03 Å². The summed E-state index contributed by atoms with van der Waals surface area (Å²) in [5.74, 6) is 2.87. The average Bonchev–Trinajstić information content (AvgIpc) is 3.22. The Labute approximate surface area is 180 Å². The zero-order chi connectivity index (χ0) is 21.8. The minimum Gasteiger partial charge on any atom is -0.487 e. The van der Waals surface area contributed by atoms with Crippen LogP contribution >= 0.6 is 0 Å². The minimum atomic E-state index is -0.169. The molecule has 1 aliphatic carbocycles. The van der Waals surface area contributed by atoms with E-state index in [0.29, 0.717) is 36.7 Å². The summed E-state index contributed by atoms with van der Waals surface area (Å²) in [5, 5.41) is 8.73. The SMILES string of the molecule is CC(C)(C)CNC(=O)NC1C2Oc3ccc(Oc4ccnc5c4CCC(=O)N5)cc3C12. The van der Waals surface area contributed by atoms with Crippen molar-refractivity contribution in [2.24, 2.45) is 5.41 Å². The molecule has 3 aliphatic rings. The number of fused-ring (bicyclic) bond motifs is 4. The van der Waals surface area contributed by atoms with Crippen LogP contribution in [-0.4, -0.2) is 35.6 Å². The number of carbonyl (C=O) groups excluding carboxylic acids is 2. The summed E-state index contributed by atoms with van der Waals surface area (Å²) in [4.78, 5) is 28.1. The van der Waals surface area contributed by atoms with Gasteiger partial charge in [-0.1, -0.05) is 20.8 Å². The third-order valence-electron chi connectivity index (χ3n) is 5.73. The number of amides is 3. The van der Waals surface area contributed by atoms with Gasteiger partial charge in [-0.05, 0) is 36.1 Å². The Morgan fingerprint density at radius 1 is 1.29 bits per heavy atom. The molecule has 5 rings (SSSR count). The first-order chi connectivity index (χ1) is 14.8. The fourth-order valence-electron chi connectivity index (χ4n) is 4.10. The van der Waals surface area contributed by atoms with E-state index in [9.17, 15) is 9.59 Å². The van der Waals surface area contributed by atoms with Gasteiger partial charge in [0, 0.05) is 30.3 Å². The number of benzene rings is 1. The number of anilines is 1. The molecule has 0 saturated heterocycles. The van der Waals surface area contributed by atoms with Crippen molar-refractivity contribution < 1.29 is 19.1 Å². The molecule has 3 atom stereocenters. The van der Waals surface area contributed by atoms with E-state index in [4.69, 9.17) is 9.47 Å². The smallest absolute Gasteiger partial charge is 0.315 e. The zero-order valence-electron chi connectivity index (χ0n) is 17.8. The normalized spacial score (nSPS) is 22.9. The number of pyridine rings is 1. The molecule has 3 N–H and O–H groups in total. The molecule has 1 fully saturated rings. The fourth-order valence-corrected chi connectivity index (χ4v) is 4.10. The first-order valence-corrected chi connectivity index (χ1v) is 10.6. The largest absolute Gasteiger partial charge is 0.487 e. The lowest BCUT2D eigenvalue weighted by Gasteiger charge is -2.20. The van der Waals surface area contributed by atoms with E-state index in [2.05, 4.69) is 41.7 Å². The number of nitrogens with one attached hydrogen (secondary N) is 3. The van der Waals surface area contributed by atoms with Gasteiger partial charge < -0.3 is 25.4 Å². The molecule has 162 valence electrons. The molecule has 3 heterocycles. The van der Waals surface area contributed by atoms with Crippen molar-refractivity contribution in [2.75, 3.05) is 11.9 Å². The number of hydrogen-bond donors (Lipinski definition) is 3. The van der Waals surface area contributed by atoms with Crippen molar-refractivity contribution in [2.45, 2.75) is 51.7 Å². The van der Waals surface area contributed by atoms with Crippen LogP contribution in [0.5, 0.6) is 17.2 Å². The average molecular weight is 422 g/mol. The number of ether oxygens (including phenoxy) is 2. The zero-order valence-corrected chi connectivity index (χ0v) is 17.8. The molecular formula is C23H26N4O4. The topological polar surface area (TPSA) is 102 Å². The highest BCUT2D eigenvalue weighted by molar-refractivity contribution is 5.93. The van der Waals surface area contributed by atoms with Crippen molar-refractivity contribution in [3.63, 3.8) is 0 Å². The highest BCUT2D eigenvalue weighted by Crippen LogP contribution is 2.54. The summed E-state index contributed by atoms with van der Waals surface area (Å²) in [7, 11) is 0. The Morgan fingerprint density at radius 2 is 2.13 bits per heavy atom. The van der Waals surface area contributed by atoms with E-state index in [0.717, 1.165) is 16.9 Å². The molecule has 3 unspecified atom stereocenters. The molecule has 31 heavy (non-hydrogen) atoms. The van der Waals surface area contributed by atoms with Crippen molar-refractivity contribution in [1.82, 2.24) is 15.6 Å². The van der Waals surface area contributed by atoms with Gasteiger partial charge in [0.05, 0.1) is 12.0 Å². The van der Waals surface area contributed by atoms with Gasteiger partial charge in [-0.2, -0.15) is 0 Å². The van der Waals surface area contributed by atoms with Crippen LogP contribution in [0.15, 0.2) is 30.5 Å². The standard InChI is InChI=1S/C23H26N4O4/c1-23(2,3)11-25-22(29)27-19-18-14-10-12(4-6-15(14)31-20(18)19)30-16-8-9-24-21-13(16)5-7-17(28)26-21/h4,6,8-10,18-20H,5,7,11H2,1-3H3,(H,24,26,28)(H2,25,27,29). The fraction of sp³-hybridized carbons (Fsp3) is 0.435. The van der Waals surface area contributed by atoms with E-state index < -0.39 is 0 Å². The van der Waals surface area contributed by atoms with Gasteiger partial charge in [-0.15, -0.1) is 0 Å². The molecule has 1 aromatic heterocycles. The summed E-state index contributed by atoms with van der Waals surface area (Å²) in [6.07, 6.45) is 2.61. The third-order valence-corrected chi connectivity index (χ3v) is 5.73. The summed E-state index contributed by atoms with van der Waals surface area (Å²) in [6, 6.07) is 7.36.